The van der Waals surface area contributed by atoms with Gasteiger partial charge in [0.1, 0.15) is 0 Å². The SMILES string of the molecule is C=Cc1ccccc1.O=S1(=O)OCCO1. The van der Waals surface area contributed by atoms with E-state index in [1.807, 2.05) is 36.4 Å². The smallest absolute Gasteiger partial charge is 0.246 e. The molecule has 0 atom stereocenters. The molecule has 1 saturated heterocycles. The van der Waals surface area contributed by atoms with Gasteiger partial charge in [0.25, 0.3) is 0 Å². The zero-order valence-corrected chi connectivity index (χ0v) is 8.94. The summed E-state index contributed by atoms with van der Waals surface area (Å²) in [7, 11) is -3.55. The second-order valence-electron chi connectivity index (χ2n) is 2.67. The molecule has 1 aliphatic heterocycles. The highest BCUT2D eigenvalue weighted by Crippen LogP contribution is 2.02. The topological polar surface area (TPSA) is 52.6 Å². The molecule has 1 aromatic rings. The van der Waals surface area contributed by atoms with E-state index >= 15 is 0 Å². The first-order valence-corrected chi connectivity index (χ1v) is 5.68. The van der Waals surface area contributed by atoms with E-state index in [9.17, 15) is 8.42 Å². The van der Waals surface area contributed by atoms with Crippen LogP contribution in [-0.4, -0.2) is 21.6 Å². The van der Waals surface area contributed by atoms with Gasteiger partial charge in [0.2, 0.25) is 0 Å². The summed E-state index contributed by atoms with van der Waals surface area (Å²) < 4.78 is 28.2. The summed E-state index contributed by atoms with van der Waals surface area (Å²) in [6.45, 7) is 3.94. The Morgan fingerprint density at radius 2 is 1.67 bits per heavy atom. The highest BCUT2D eigenvalue weighted by atomic mass is 32.3. The minimum atomic E-state index is -3.55. The fraction of sp³-hybridized carbons (Fsp3) is 0.200. The Hall–Kier alpha value is -1.17. The molecule has 1 fully saturated rings. The molecule has 5 heteroatoms. The molecule has 1 aliphatic rings. The average molecular weight is 228 g/mol. The molecule has 1 aromatic carbocycles. The normalized spacial score (nSPS) is 17.6. The van der Waals surface area contributed by atoms with E-state index in [0.29, 0.717) is 0 Å². The van der Waals surface area contributed by atoms with Crippen molar-refractivity contribution in [1.82, 2.24) is 0 Å². The molecule has 0 aromatic heterocycles. The van der Waals surface area contributed by atoms with E-state index < -0.39 is 10.4 Å². The lowest BCUT2D eigenvalue weighted by atomic mass is 10.2. The average Bonchev–Trinajstić information content (AvgIpc) is 2.65. The third kappa shape index (κ3) is 4.73. The summed E-state index contributed by atoms with van der Waals surface area (Å²) in [6, 6.07) is 10.0. The van der Waals surface area contributed by atoms with Crippen LogP contribution in [0.3, 0.4) is 0 Å². The third-order valence-corrected chi connectivity index (χ3v) is 2.48. The summed E-state index contributed by atoms with van der Waals surface area (Å²) in [5.41, 5.74) is 1.17. The Labute approximate surface area is 89.5 Å². The van der Waals surface area contributed by atoms with Crippen molar-refractivity contribution in [3.05, 3.63) is 42.5 Å². The van der Waals surface area contributed by atoms with E-state index in [1.54, 1.807) is 0 Å². The van der Waals surface area contributed by atoms with Gasteiger partial charge >= 0.3 is 10.4 Å². The Balaban J connectivity index is 0.000000151. The molecule has 0 saturated carbocycles. The van der Waals surface area contributed by atoms with Crippen molar-refractivity contribution in [2.45, 2.75) is 0 Å². The van der Waals surface area contributed by atoms with E-state index in [1.165, 1.54) is 5.56 Å². The number of hydrogen-bond acceptors (Lipinski definition) is 4. The summed E-state index contributed by atoms with van der Waals surface area (Å²) in [5, 5.41) is 0. The minimum absolute atomic E-state index is 0.155. The van der Waals surface area contributed by atoms with Gasteiger partial charge in [-0.2, -0.15) is 8.42 Å². The predicted octanol–water partition coefficient (Wildman–Crippen LogP) is 1.61. The molecule has 15 heavy (non-hydrogen) atoms. The lowest BCUT2D eigenvalue weighted by Crippen LogP contribution is -1.94. The number of rotatable bonds is 1. The van der Waals surface area contributed by atoms with Gasteiger partial charge in [-0.05, 0) is 5.56 Å². The van der Waals surface area contributed by atoms with E-state index in [-0.39, 0.29) is 13.2 Å². The zero-order chi connectivity index (χ0) is 11.1. The van der Waals surface area contributed by atoms with Gasteiger partial charge in [0.05, 0.1) is 13.2 Å². The van der Waals surface area contributed by atoms with Crippen LogP contribution >= 0.6 is 0 Å². The third-order valence-electron chi connectivity index (χ3n) is 1.57. The van der Waals surface area contributed by atoms with Crippen LogP contribution in [0.25, 0.3) is 6.08 Å². The Kier molecular flexibility index (Phi) is 4.48. The van der Waals surface area contributed by atoms with E-state index in [2.05, 4.69) is 14.9 Å². The van der Waals surface area contributed by atoms with Crippen molar-refractivity contribution in [3.63, 3.8) is 0 Å². The van der Waals surface area contributed by atoms with Crippen LogP contribution in [0, 0.1) is 0 Å². The van der Waals surface area contributed by atoms with Gasteiger partial charge in [-0.25, -0.2) is 8.37 Å². The van der Waals surface area contributed by atoms with Gasteiger partial charge in [-0.15, -0.1) is 0 Å². The van der Waals surface area contributed by atoms with Gasteiger partial charge in [-0.3, -0.25) is 0 Å². The van der Waals surface area contributed by atoms with Crippen LogP contribution in [0.5, 0.6) is 0 Å². The van der Waals surface area contributed by atoms with E-state index in [0.717, 1.165) is 0 Å². The maximum Gasteiger partial charge on any atom is 0.400 e. The number of benzene rings is 1. The first-order valence-electron chi connectivity index (χ1n) is 4.35. The largest absolute Gasteiger partial charge is 0.400 e. The van der Waals surface area contributed by atoms with Gasteiger partial charge in [0, 0.05) is 0 Å². The monoisotopic (exact) mass is 228 g/mol. The Bertz CT molecular complexity index is 385. The maximum atomic E-state index is 9.99. The molecule has 2 rings (SSSR count). The lowest BCUT2D eigenvalue weighted by Gasteiger charge is -1.85. The van der Waals surface area contributed by atoms with Gasteiger partial charge in [-0.1, -0.05) is 43.0 Å². The highest BCUT2D eigenvalue weighted by molar-refractivity contribution is 7.82. The number of hydrogen-bond donors (Lipinski definition) is 0. The second kappa shape index (κ2) is 5.65. The van der Waals surface area contributed by atoms with E-state index in [4.69, 9.17) is 0 Å². The summed E-state index contributed by atoms with van der Waals surface area (Å²) in [4.78, 5) is 0. The first-order chi connectivity index (χ1) is 7.14. The Morgan fingerprint density at radius 1 is 1.13 bits per heavy atom. The minimum Gasteiger partial charge on any atom is -0.246 e. The first kappa shape index (κ1) is 11.9. The molecule has 0 spiro atoms. The van der Waals surface area contributed by atoms with Crippen LogP contribution in [-0.2, 0) is 18.8 Å². The molecule has 0 bridgehead atoms. The highest BCUT2D eigenvalue weighted by Gasteiger charge is 2.17. The molecule has 1 heterocycles. The van der Waals surface area contributed by atoms with Gasteiger partial charge < -0.3 is 0 Å². The zero-order valence-electron chi connectivity index (χ0n) is 8.13. The maximum absolute atomic E-state index is 9.99. The summed E-state index contributed by atoms with van der Waals surface area (Å²) in [6.07, 6.45) is 1.83. The van der Waals surface area contributed by atoms with Crippen molar-refractivity contribution < 1.29 is 16.8 Å². The fourth-order valence-electron chi connectivity index (χ4n) is 0.895. The Morgan fingerprint density at radius 3 is 1.93 bits per heavy atom. The van der Waals surface area contributed by atoms with Crippen LogP contribution in [0.1, 0.15) is 5.56 Å². The summed E-state index contributed by atoms with van der Waals surface area (Å²) >= 11 is 0. The molecular formula is C10H12O4S. The lowest BCUT2D eigenvalue weighted by molar-refractivity contribution is 0.360. The van der Waals surface area contributed by atoms with Crippen molar-refractivity contribution in [3.8, 4) is 0 Å². The molecule has 0 N–H and O–H groups in total. The molecular weight excluding hydrogens is 216 g/mol. The molecule has 0 radical (unpaired) electrons. The molecule has 0 aliphatic carbocycles. The van der Waals surface area contributed by atoms with Crippen molar-refractivity contribution >= 4 is 16.5 Å². The summed E-state index contributed by atoms with van der Waals surface area (Å²) in [5.74, 6) is 0. The van der Waals surface area contributed by atoms with Gasteiger partial charge in [0.15, 0.2) is 0 Å². The van der Waals surface area contributed by atoms with Crippen LogP contribution < -0.4 is 0 Å². The second-order valence-corrected chi connectivity index (χ2v) is 3.95. The van der Waals surface area contributed by atoms with Crippen LogP contribution in [0.2, 0.25) is 0 Å². The predicted molar refractivity (Wildman–Crippen MR) is 57.4 cm³/mol. The van der Waals surface area contributed by atoms with Crippen molar-refractivity contribution in [2.75, 3.05) is 13.2 Å². The fourth-order valence-corrected chi connectivity index (χ4v) is 1.51. The standard InChI is InChI=1S/C8H8.C2H4O4S/c1-2-8-6-4-3-5-7-8;3-7(4)5-1-2-6-7/h2-7H,1H2;1-2H2. The molecule has 4 nitrogen and oxygen atoms in total. The van der Waals surface area contributed by atoms with Crippen molar-refractivity contribution in [1.29, 1.82) is 0 Å². The van der Waals surface area contributed by atoms with Crippen LogP contribution in [0.4, 0.5) is 0 Å². The van der Waals surface area contributed by atoms with Crippen molar-refractivity contribution in [2.24, 2.45) is 0 Å². The molecule has 0 unspecified atom stereocenters. The quantitative estimate of drug-likeness (QED) is 0.732. The molecule has 82 valence electrons. The van der Waals surface area contributed by atoms with Crippen LogP contribution in [0.15, 0.2) is 36.9 Å². The molecule has 0 amide bonds.